The van der Waals surface area contributed by atoms with E-state index in [0.717, 1.165) is 10.6 Å². The van der Waals surface area contributed by atoms with Crippen LogP contribution in [0.3, 0.4) is 0 Å². The van der Waals surface area contributed by atoms with Gasteiger partial charge >= 0.3 is 0 Å². The van der Waals surface area contributed by atoms with E-state index in [1.54, 1.807) is 0 Å². The lowest BCUT2D eigenvalue weighted by Crippen LogP contribution is -2.41. The van der Waals surface area contributed by atoms with Crippen LogP contribution in [0.4, 0.5) is 5.69 Å². The number of nitrogens with zero attached hydrogens (tertiary/aromatic N) is 2. The van der Waals surface area contributed by atoms with Gasteiger partial charge in [0, 0.05) is 18.1 Å². The Labute approximate surface area is 214 Å². The van der Waals surface area contributed by atoms with Crippen LogP contribution in [0.2, 0.25) is 10.0 Å². The van der Waals surface area contributed by atoms with E-state index >= 15 is 0 Å². The SMILES string of the molecule is CS(=O)(=O)N(CC(=O)NCCOc1ccc(S(=O)(=O)N2CCOCC2)cc1)c1ccc(Cl)cc1Cl. The van der Waals surface area contributed by atoms with Crippen molar-refractivity contribution in [3.8, 4) is 5.75 Å². The summed E-state index contributed by atoms with van der Waals surface area (Å²) in [5.41, 5.74) is 0.136. The molecule has 0 atom stereocenters. The van der Waals surface area contributed by atoms with Crippen molar-refractivity contribution in [2.75, 3.05) is 56.6 Å². The van der Waals surface area contributed by atoms with Gasteiger partial charge in [0.15, 0.2) is 0 Å². The van der Waals surface area contributed by atoms with Crippen molar-refractivity contribution in [1.82, 2.24) is 9.62 Å². The second-order valence-corrected chi connectivity index (χ2v) is 12.2. The molecule has 1 N–H and O–H groups in total. The number of amides is 1. The van der Waals surface area contributed by atoms with Gasteiger partial charge in [-0.25, -0.2) is 16.8 Å². The topological polar surface area (TPSA) is 122 Å². The van der Waals surface area contributed by atoms with Crippen LogP contribution >= 0.6 is 23.2 Å². The van der Waals surface area contributed by atoms with Crippen LogP contribution in [0, 0.1) is 0 Å². The second kappa shape index (κ2) is 11.8. The lowest BCUT2D eigenvalue weighted by atomic mass is 10.3. The molecule has 1 aliphatic rings. The van der Waals surface area contributed by atoms with Crippen molar-refractivity contribution in [3.63, 3.8) is 0 Å². The van der Waals surface area contributed by atoms with Crippen molar-refractivity contribution in [2.24, 2.45) is 0 Å². The Morgan fingerprint density at radius 3 is 2.34 bits per heavy atom. The third kappa shape index (κ3) is 7.45. The zero-order valence-electron chi connectivity index (χ0n) is 18.8. The highest BCUT2D eigenvalue weighted by molar-refractivity contribution is 7.92. The zero-order valence-corrected chi connectivity index (χ0v) is 22.0. The van der Waals surface area contributed by atoms with Gasteiger partial charge in [0.25, 0.3) is 0 Å². The molecule has 0 bridgehead atoms. The number of hydrogen-bond donors (Lipinski definition) is 1. The molecule has 14 heteroatoms. The minimum atomic E-state index is -3.79. The summed E-state index contributed by atoms with van der Waals surface area (Å²) in [4.78, 5) is 12.5. The fraction of sp³-hybridized carbons (Fsp3) is 0.381. The van der Waals surface area contributed by atoms with Gasteiger partial charge in [-0.15, -0.1) is 0 Å². The van der Waals surface area contributed by atoms with Gasteiger partial charge in [-0.3, -0.25) is 9.10 Å². The van der Waals surface area contributed by atoms with Gasteiger partial charge in [0.1, 0.15) is 18.9 Å². The summed E-state index contributed by atoms with van der Waals surface area (Å²) in [5, 5.41) is 3.01. The van der Waals surface area contributed by atoms with E-state index < -0.39 is 32.5 Å². The average molecular weight is 566 g/mol. The van der Waals surface area contributed by atoms with E-state index in [2.05, 4.69) is 5.32 Å². The van der Waals surface area contributed by atoms with Crippen LogP contribution in [0.15, 0.2) is 47.4 Å². The first kappa shape index (κ1) is 27.5. The van der Waals surface area contributed by atoms with Crippen LogP contribution in [-0.4, -0.2) is 79.3 Å². The summed E-state index contributed by atoms with van der Waals surface area (Å²) in [6.07, 6.45) is 0.969. The number of carbonyl (C=O) groups is 1. The molecule has 3 rings (SSSR count). The number of benzene rings is 2. The molecule has 1 fully saturated rings. The van der Waals surface area contributed by atoms with Crippen molar-refractivity contribution in [3.05, 3.63) is 52.5 Å². The van der Waals surface area contributed by atoms with Crippen LogP contribution in [-0.2, 0) is 29.6 Å². The first-order chi connectivity index (χ1) is 16.5. The van der Waals surface area contributed by atoms with Crippen LogP contribution in [0.5, 0.6) is 5.75 Å². The summed E-state index contributed by atoms with van der Waals surface area (Å²) >= 11 is 12.0. The van der Waals surface area contributed by atoms with Gasteiger partial charge in [0.2, 0.25) is 26.0 Å². The summed E-state index contributed by atoms with van der Waals surface area (Å²) in [7, 11) is -7.39. The van der Waals surface area contributed by atoms with E-state index in [1.165, 1.54) is 46.8 Å². The van der Waals surface area contributed by atoms with E-state index in [4.69, 9.17) is 32.7 Å². The molecule has 0 aromatic heterocycles. The Bertz CT molecular complexity index is 1250. The Hall–Kier alpha value is -2.09. The van der Waals surface area contributed by atoms with E-state index in [0.29, 0.717) is 37.1 Å². The van der Waals surface area contributed by atoms with Gasteiger partial charge in [-0.2, -0.15) is 4.31 Å². The number of carbonyl (C=O) groups excluding carboxylic acids is 1. The summed E-state index contributed by atoms with van der Waals surface area (Å²) in [6.45, 7) is 1.04. The number of rotatable bonds is 10. The Balaban J connectivity index is 1.51. The van der Waals surface area contributed by atoms with E-state index in [9.17, 15) is 21.6 Å². The molecular weight excluding hydrogens is 541 g/mol. The number of hydrogen-bond acceptors (Lipinski definition) is 7. The highest BCUT2D eigenvalue weighted by Gasteiger charge is 2.26. The maximum Gasteiger partial charge on any atom is 0.243 e. The van der Waals surface area contributed by atoms with E-state index in [1.807, 2.05) is 0 Å². The quantitative estimate of drug-likeness (QED) is 0.437. The highest BCUT2D eigenvalue weighted by Crippen LogP contribution is 2.30. The third-order valence-corrected chi connectivity index (χ3v) is 8.57. The Morgan fingerprint density at radius 2 is 1.74 bits per heavy atom. The molecule has 0 aliphatic carbocycles. The van der Waals surface area contributed by atoms with Crippen LogP contribution < -0.4 is 14.4 Å². The number of anilines is 1. The molecule has 35 heavy (non-hydrogen) atoms. The lowest BCUT2D eigenvalue weighted by molar-refractivity contribution is -0.119. The molecule has 0 radical (unpaired) electrons. The predicted octanol–water partition coefficient (Wildman–Crippen LogP) is 1.98. The van der Waals surface area contributed by atoms with Crippen LogP contribution in [0.25, 0.3) is 0 Å². The van der Waals surface area contributed by atoms with Crippen molar-refractivity contribution in [2.45, 2.75) is 4.90 Å². The highest BCUT2D eigenvalue weighted by atomic mass is 35.5. The molecule has 1 saturated heterocycles. The smallest absolute Gasteiger partial charge is 0.243 e. The second-order valence-electron chi connectivity index (χ2n) is 7.55. The molecule has 1 heterocycles. The normalized spacial score (nSPS) is 14.9. The molecular formula is C21H25Cl2N3O7S2. The summed E-state index contributed by atoms with van der Waals surface area (Å²) in [6, 6.07) is 10.3. The maximum atomic E-state index is 12.7. The number of nitrogens with one attached hydrogen (secondary N) is 1. The number of halogens is 2. The largest absolute Gasteiger partial charge is 0.492 e. The van der Waals surface area contributed by atoms with Gasteiger partial charge in [0.05, 0.1) is 41.6 Å². The zero-order chi connectivity index (χ0) is 25.6. The van der Waals surface area contributed by atoms with Crippen molar-refractivity contribution >= 4 is 54.8 Å². The molecule has 0 spiro atoms. The molecule has 2 aromatic rings. The maximum absolute atomic E-state index is 12.7. The molecule has 1 amide bonds. The number of ether oxygens (including phenoxy) is 2. The third-order valence-electron chi connectivity index (χ3n) is 4.99. The lowest BCUT2D eigenvalue weighted by Gasteiger charge is -2.26. The molecule has 0 unspecified atom stereocenters. The Kier molecular flexibility index (Phi) is 9.24. The minimum absolute atomic E-state index is 0.0852. The van der Waals surface area contributed by atoms with Crippen molar-refractivity contribution < 1.29 is 31.1 Å². The molecule has 0 saturated carbocycles. The predicted molar refractivity (Wildman–Crippen MR) is 133 cm³/mol. The Morgan fingerprint density at radius 1 is 1.09 bits per heavy atom. The van der Waals surface area contributed by atoms with E-state index in [-0.39, 0.29) is 28.8 Å². The fourth-order valence-electron chi connectivity index (χ4n) is 3.25. The van der Waals surface area contributed by atoms with Crippen molar-refractivity contribution in [1.29, 1.82) is 0 Å². The van der Waals surface area contributed by atoms with Gasteiger partial charge in [-0.1, -0.05) is 23.2 Å². The first-order valence-electron chi connectivity index (χ1n) is 10.5. The monoisotopic (exact) mass is 565 g/mol. The fourth-order valence-corrected chi connectivity index (χ4v) is 6.09. The number of sulfonamides is 2. The first-order valence-corrected chi connectivity index (χ1v) is 14.5. The average Bonchev–Trinajstić information content (AvgIpc) is 2.81. The molecule has 10 nitrogen and oxygen atoms in total. The van der Waals surface area contributed by atoms with Crippen LogP contribution in [0.1, 0.15) is 0 Å². The summed E-state index contributed by atoms with van der Waals surface area (Å²) < 4.78 is 62.7. The van der Waals surface area contributed by atoms with Gasteiger partial charge < -0.3 is 14.8 Å². The molecule has 192 valence electrons. The minimum Gasteiger partial charge on any atom is -0.492 e. The standard InChI is InChI=1S/C21H25Cl2N3O7S2/c1-34(28,29)26(20-7-2-16(22)14-19(20)23)15-21(27)24-8-11-33-17-3-5-18(6-4-17)35(30,31)25-9-12-32-13-10-25/h2-7,14H,8-13,15H2,1H3,(H,24,27). The molecule has 1 aliphatic heterocycles. The summed E-state index contributed by atoms with van der Waals surface area (Å²) in [5.74, 6) is -0.136. The number of morpholine rings is 1. The van der Waals surface area contributed by atoms with Gasteiger partial charge in [-0.05, 0) is 42.5 Å². The molecule has 2 aromatic carbocycles.